The molecule has 3 aromatic heterocycles. The standard InChI is InChI=1S/C21H20ClN5O2S/c22-15-7-13-30-19(15)21(29)27-10-3-9-26(11-12-27)17-6-1-5-16(25-17)18(28)14-4-2-8-24-20(14)23/h1-2,4-8,13H,3,9-12H2,(H2,23,24). The number of carbonyl (C=O) groups is 2. The molecule has 9 heteroatoms. The molecular weight excluding hydrogens is 422 g/mol. The van der Waals surface area contributed by atoms with Gasteiger partial charge in [-0.15, -0.1) is 11.3 Å². The lowest BCUT2D eigenvalue weighted by Gasteiger charge is -2.23. The van der Waals surface area contributed by atoms with E-state index < -0.39 is 0 Å². The van der Waals surface area contributed by atoms with Gasteiger partial charge in [0, 0.05) is 32.4 Å². The van der Waals surface area contributed by atoms with Gasteiger partial charge in [-0.1, -0.05) is 17.7 Å². The SMILES string of the molecule is Nc1ncccc1C(=O)c1cccc(N2CCCN(C(=O)c3sccc3Cl)CC2)n1. The number of pyridine rings is 2. The van der Waals surface area contributed by atoms with Gasteiger partial charge in [0.1, 0.15) is 22.2 Å². The lowest BCUT2D eigenvalue weighted by molar-refractivity contribution is 0.0772. The summed E-state index contributed by atoms with van der Waals surface area (Å²) in [7, 11) is 0. The summed E-state index contributed by atoms with van der Waals surface area (Å²) in [6, 6.07) is 10.4. The molecule has 1 aliphatic rings. The number of aromatic nitrogens is 2. The Labute approximate surface area is 183 Å². The van der Waals surface area contributed by atoms with E-state index in [-0.39, 0.29) is 17.5 Å². The van der Waals surface area contributed by atoms with E-state index in [9.17, 15) is 9.59 Å². The molecule has 4 rings (SSSR count). The second-order valence-electron chi connectivity index (χ2n) is 6.88. The highest BCUT2D eigenvalue weighted by molar-refractivity contribution is 7.12. The molecule has 30 heavy (non-hydrogen) atoms. The second-order valence-corrected chi connectivity index (χ2v) is 8.20. The van der Waals surface area contributed by atoms with Crippen LogP contribution in [0.15, 0.2) is 48.0 Å². The van der Waals surface area contributed by atoms with Crippen LogP contribution < -0.4 is 10.6 Å². The highest BCUT2D eigenvalue weighted by Gasteiger charge is 2.24. The first-order valence-corrected chi connectivity index (χ1v) is 10.8. The van der Waals surface area contributed by atoms with Crippen LogP contribution in [-0.4, -0.2) is 52.7 Å². The van der Waals surface area contributed by atoms with Crippen molar-refractivity contribution in [1.29, 1.82) is 0 Å². The van der Waals surface area contributed by atoms with Gasteiger partial charge in [0.15, 0.2) is 0 Å². The van der Waals surface area contributed by atoms with Gasteiger partial charge in [0.2, 0.25) is 5.78 Å². The van der Waals surface area contributed by atoms with Crippen molar-refractivity contribution in [2.24, 2.45) is 0 Å². The summed E-state index contributed by atoms with van der Waals surface area (Å²) in [5, 5.41) is 2.31. The lowest BCUT2D eigenvalue weighted by atomic mass is 10.1. The second kappa shape index (κ2) is 8.81. The average molecular weight is 442 g/mol. The molecule has 0 unspecified atom stereocenters. The highest BCUT2D eigenvalue weighted by atomic mass is 35.5. The van der Waals surface area contributed by atoms with E-state index in [4.69, 9.17) is 17.3 Å². The molecule has 0 aliphatic carbocycles. The number of nitrogen functional groups attached to an aromatic ring is 1. The molecule has 2 N–H and O–H groups in total. The number of nitrogens with two attached hydrogens (primary N) is 1. The van der Waals surface area contributed by atoms with E-state index in [2.05, 4.69) is 14.9 Å². The van der Waals surface area contributed by atoms with Crippen LogP contribution in [0.3, 0.4) is 0 Å². The maximum absolute atomic E-state index is 12.8. The summed E-state index contributed by atoms with van der Waals surface area (Å²) in [6.45, 7) is 2.56. The zero-order valence-electron chi connectivity index (χ0n) is 16.1. The van der Waals surface area contributed by atoms with E-state index in [1.54, 1.807) is 36.5 Å². The predicted octanol–water partition coefficient (Wildman–Crippen LogP) is 3.36. The van der Waals surface area contributed by atoms with Gasteiger partial charge in [-0.25, -0.2) is 9.97 Å². The number of hydrogen-bond donors (Lipinski definition) is 1. The van der Waals surface area contributed by atoms with Crippen LogP contribution in [0.4, 0.5) is 11.6 Å². The fraction of sp³-hybridized carbons (Fsp3) is 0.238. The summed E-state index contributed by atoms with van der Waals surface area (Å²) in [5.41, 5.74) is 6.49. The molecule has 3 aromatic rings. The molecule has 1 saturated heterocycles. The normalized spacial score (nSPS) is 14.4. The topological polar surface area (TPSA) is 92.4 Å². The molecular formula is C21H20ClN5O2S. The molecule has 0 radical (unpaired) electrons. The third-order valence-electron chi connectivity index (χ3n) is 4.97. The van der Waals surface area contributed by atoms with Crippen molar-refractivity contribution in [2.45, 2.75) is 6.42 Å². The van der Waals surface area contributed by atoms with E-state index in [1.807, 2.05) is 16.3 Å². The summed E-state index contributed by atoms with van der Waals surface area (Å²) < 4.78 is 0. The summed E-state index contributed by atoms with van der Waals surface area (Å²) in [4.78, 5) is 38.6. The van der Waals surface area contributed by atoms with E-state index >= 15 is 0 Å². The van der Waals surface area contributed by atoms with Gasteiger partial charge in [0.25, 0.3) is 5.91 Å². The number of carbonyl (C=O) groups excluding carboxylic acids is 2. The van der Waals surface area contributed by atoms with Gasteiger partial charge in [0.05, 0.1) is 10.6 Å². The van der Waals surface area contributed by atoms with Crippen LogP contribution in [-0.2, 0) is 0 Å². The third-order valence-corrected chi connectivity index (χ3v) is 6.30. The predicted molar refractivity (Wildman–Crippen MR) is 118 cm³/mol. The molecule has 1 amide bonds. The Kier molecular flexibility index (Phi) is 5.96. The molecule has 0 aromatic carbocycles. The van der Waals surface area contributed by atoms with Crippen molar-refractivity contribution < 1.29 is 9.59 Å². The average Bonchev–Trinajstić information content (AvgIpc) is 3.04. The van der Waals surface area contributed by atoms with E-state index in [0.717, 1.165) is 13.0 Å². The van der Waals surface area contributed by atoms with Crippen LogP contribution in [0.5, 0.6) is 0 Å². The third kappa shape index (κ3) is 4.15. The van der Waals surface area contributed by atoms with E-state index in [0.29, 0.717) is 46.6 Å². The number of thiophene rings is 1. The van der Waals surface area contributed by atoms with Crippen LogP contribution in [0.1, 0.15) is 32.1 Å². The number of ketones is 1. The van der Waals surface area contributed by atoms with E-state index in [1.165, 1.54) is 11.3 Å². The van der Waals surface area contributed by atoms with Crippen LogP contribution in [0.2, 0.25) is 5.02 Å². The maximum atomic E-state index is 12.8. The van der Waals surface area contributed by atoms with Crippen LogP contribution >= 0.6 is 22.9 Å². The molecule has 1 aliphatic heterocycles. The lowest BCUT2D eigenvalue weighted by Crippen LogP contribution is -2.35. The molecule has 4 heterocycles. The largest absolute Gasteiger partial charge is 0.383 e. The number of halogens is 1. The first-order valence-electron chi connectivity index (χ1n) is 9.54. The zero-order valence-corrected chi connectivity index (χ0v) is 17.7. The molecule has 0 saturated carbocycles. The fourth-order valence-corrected chi connectivity index (χ4v) is 4.52. The van der Waals surface area contributed by atoms with Crippen molar-refractivity contribution in [3.05, 3.63) is 69.1 Å². The Hall–Kier alpha value is -2.97. The van der Waals surface area contributed by atoms with Crippen LogP contribution in [0.25, 0.3) is 0 Å². The quantitative estimate of drug-likeness (QED) is 0.624. The van der Waals surface area contributed by atoms with Crippen molar-refractivity contribution in [1.82, 2.24) is 14.9 Å². The number of hydrogen-bond acceptors (Lipinski definition) is 7. The molecule has 1 fully saturated rings. The molecule has 7 nitrogen and oxygen atoms in total. The number of rotatable bonds is 4. The number of amides is 1. The fourth-order valence-electron chi connectivity index (χ4n) is 3.41. The first kappa shape index (κ1) is 20.3. The molecule has 0 spiro atoms. The summed E-state index contributed by atoms with van der Waals surface area (Å²) >= 11 is 7.48. The molecule has 0 atom stereocenters. The molecule has 0 bridgehead atoms. The van der Waals surface area contributed by atoms with Crippen molar-refractivity contribution in [3.8, 4) is 0 Å². The van der Waals surface area contributed by atoms with Gasteiger partial charge < -0.3 is 15.5 Å². The van der Waals surface area contributed by atoms with Crippen molar-refractivity contribution >= 4 is 46.3 Å². The van der Waals surface area contributed by atoms with Gasteiger partial charge in [-0.05, 0) is 42.1 Å². The van der Waals surface area contributed by atoms with Crippen molar-refractivity contribution in [2.75, 3.05) is 36.8 Å². The summed E-state index contributed by atoms with van der Waals surface area (Å²) in [6.07, 6.45) is 2.34. The monoisotopic (exact) mass is 441 g/mol. The minimum absolute atomic E-state index is 0.0409. The molecule has 154 valence electrons. The number of nitrogens with zero attached hydrogens (tertiary/aromatic N) is 4. The Balaban J connectivity index is 1.49. The Morgan fingerprint density at radius 3 is 2.70 bits per heavy atom. The van der Waals surface area contributed by atoms with Crippen molar-refractivity contribution in [3.63, 3.8) is 0 Å². The Morgan fingerprint density at radius 1 is 1.07 bits per heavy atom. The highest BCUT2D eigenvalue weighted by Crippen LogP contribution is 2.25. The van der Waals surface area contributed by atoms with Gasteiger partial charge in [-0.2, -0.15) is 0 Å². The zero-order chi connectivity index (χ0) is 21.1. The Morgan fingerprint density at radius 2 is 1.93 bits per heavy atom. The van der Waals surface area contributed by atoms with Gasteiger partial charge in [-0.3, -0.25) is 9.59 Å². The minimum Gasteiger partial charge on any atom is -0.383 e. The maximum Gasteiger partial charge on any atom is 0.265 e. The smallest absolute Gasteiger partial charge is 0.265 e. The van der Waals surface area contributed by atoms with Gasteiger partial charge >= 0.3 is 0 Å². The Bertz CT molecular complexity index is 1090. The number of anilines is 2. The first-order chi connectivity index (χ1) is 14.5. The minimum atomic E-state index is -0.263. The van der Waals surface area contributed by atoms with Crippen LogP contribution in [0, 0.1) is 0 Å². The summed E-state index contributed by atoms with van der Waals surface area (Å²) in [5.74, 6) is 0.583.